The monoisotopic (exact) mass is 580 g/mol. The van der Waals surface area contributed by atoms with Crippen LogP contribution in [0.3, 0.4) is 0 Å². The third kappa shape index (κ3) is 17.2. The van der Waals surface area contributed by atoms with Gasteiger partial charge in [0.1, 0.15) is 0 Å². The van der Waals surface area contributed by atoms with Crippen molar-refractivity contribution in [3.63, 3.8) is 0 Å². The van der Waals surface area contributed by atoms with Gasteiger partial charge in [0, 0.05) is 6.42 Å². The summed E-state index contributed by atoms with van der Waals surface area (Å²) in [4.78, 5) is 4.16. The van der Waals surface area contributed by atoms with Gasteiger partial charge in [0.2, 0.25) is 0 Å². The fourth-order valence-electron chi connectivity index (χ4n) is 4.38. The summed E-state index contributed by atoms with van der Waals surface area (Å²) in [6, 6.07) is 3.58. The van der Waals surface area contributed by atoms with Crippen molar-refractivity contribution in [1.29, 1.82) is 0 Å². The fourth-order valence-corrected chi connectivity index (χ4v) is 30.5. The van der Waals surface area contributed by atoms with Crippen LogP contribution in [-0.4, -0.2) is 59.9 Å². The number of hydrogen-bond acceptors (Lipinski definition) is 5. The fraction of sp³-hybridized carbons (Fsp3) is 1.00. The molecule has 0 aliphatic carbocycles. The maximum Gasteiger partial charge on any atom is 0.389 e. The van der Waals surface area contributed by atoms with Gasteiger partial charge in [-0.05, 0) is 95.6 Å². The molecular formula is C21H51F3O5Si5. The molecular weight excluding hydrogens is 530 g/mol. The van der Waals surface area contributed by atoms with Crippen molar-refractivity contribution in [2.45, 2.75) is 128 Å². The second-order valence-corrected chi connectivity index (χ2v) is 33.4. The third-order valence-corrected chi connectivity index (χ3v) is 25.9. The van der Waals surface area contributed by atoms with Crippen LogP contribution in [0.1, 0.15) is 32.6 Å². The van der Waals surface area contributed by atoms with Gasteiger partial charge in [-0.3, -0.25) is 5.26 Å². The van der Waals surface area contributed by atoms with Crippen LogP contribution in [0.25, 0.3) is 0 Å². The molecule has 0 saturated heterocycles. The average molecular weight is 581 g/mol. The lowest BCUT2D eigenvalue weighted by Gasteiger charge is -2.42. The molecule has 0 aliphatic heterocycles. The first kappa shape index (κ1) is 34.7. The van der Waals surface area contributed by atoms with Crippen LogP contribution in [0.5, 0.6) is 0 Å². The maximum atomic E-state index is 13.1. The minimum absolute atomic E-state index is 0.0891. The second kappa shape index (κ2) is 14.0. The van der Waals surface area contributed by atoms with Gasteiger partial charge in [-0.2, -0.15) is 13.2 Å². The average Bonchev–Trinajstić information content (AvgIpc) is 2.61. The quantitative estimate of drug-likeness (QED) is 0.0761. The van der Waals surface area contributed by atoms with Crippen molar-refractivity contribution in [2.24, 2.45) is 0 Å². The van der Waals surface area contributed by atoms with Crippen molar-refractivity contribution in [1.82, 2.24) is 0 Å². The van der Waals surface area contributed by atoms with Gasteiger partial charge in [0.15, 0.2) is 33.3 Å². The highest BCUT2D eigenvalue weighted by atomic mass is 28.5. The van der Waals surface area contributed by atoms with Crippen LogP contribution in [0, 0.1) is 0 Å². The van der Waals surface area contributed by atoms with Crippen molar-refractivity contribution in [2.75, 3.05) is 6.61 Å². The van der Waals surface area contributed by atoms with Crippen molar-refractivity contribution < 1.29 is 35.7 Å². The molecule has 0 rings (SSSR count). The van der Waals surface area contributed by atoms with Gasteiger partial charge in [-0.1, -0.05) is 19.8 Å². The molecule has 1 atom stereocenters. The Bertz CT molecular complexity index is 592. The molecule has 0 aromatic rings. The molecule has 0 radical (unpaired) electrons. The van der Waals surface area contributed by atoms with Crippen molar-refractivity contribution >= 4 is 41.8 Å². The largest absolute Gasteiger partial charge is 0.456 e. The van der Waals surface area contributed by atoms with Gasteiger partial charge in [-0.25, -0.2) is 4.89 Å². The maximum absolute atomic E-state index is 13.1. The molecule has 34 heavy (non-hydrogen) atoms. The Kier molecular flexibility index (Phi) is 14.3. The number of rotatable bonds is 18. The Hall–Kier alpha value is 0.674. The summed E-state index contributed by atoms with van der Waals surface area (Å²) in [7, 11) is -11.3. The molecule has 13 heteroatoms. The number of alkyl halides is 3. The number of unbranched alkanes of at least 4 members (excludes halogenated alkanes) is 1. The van der Waals surface area contributed by atoms with E-state index in [9.17, 15) is 13.2 Å². The molecule has 0 amide bonds. The summed E-state index contributed by atoms with van der Waals surface area (Å²) in [5, 5.41) is 8.59. The Morgan fingerprint density at radius 1 is 0.618 bits per heavy atom. The predicted octanol–water partition coefficient (Wildman–Crippen LogP) is 8.56. The van der Waals surface area contributed by atoms with E-state index < -0.39 is 54.4 Å². The molecule has 206 valence electrons. The van der Waals surface area contributed by atoms with E-state index in [-0.39, 0.29) is 12.7 Å². The summed E-state index contributed by atoms with van der Waals surface area (Å²) in [5.74, 6) is 0. The molecule has 0 bridgehead atoms. The zero-order valence-corrected chi connectivity index (χ0v) is 28.3. The van der Waals surface area contributed by atoms with E-state index >= 15 is 0 Å². The van der Waals surface area contributed by atoms with Crippen LogP contribution in [0.4, 0.5) is 13.2 Å². The van der Waals surface area contributed by atoms with Gasteiger partial charge >= 0.3 is 14.7 Å². The molecule has 0 heterocycles. The zero-order valence-electron chi connectivity index (χ0n) is 23.3. The van der Waals surface area contributed by atoms with E-state index in [0.717, 1.165) is 18.1 Å². The lowest BCUT2D eigenvalue weighted by molar-refractivity contribution is -0.241. The van der Waals surface area contributed by atoms with Crippen LogP contribution < -0.4 is 0 Å². The lowest BCUT2D eigenvalue weighted by Crippen LogP contribution is -2.55. The predicted molar refractivity (Wildman–Crippen MR) is 148 cm³/mol. The first-order chi connectivity index (χ1) is 15.2. The standard InChI is InChI=1S/C21H51F3O5Si5/c1-11-12-16-30(2,3)27-32(6,7)19-20-33(8,9)29-34(10,18-14-21(22,23)24)28-31(4,5)17-13-15-26-25/h25H,11-20H2,1-10H3. The minimum atomic E-state index is -4.24. The minimum Gasteiger partial charge on any atom is -0.456 e. The smallest absolute Gasteiger partial charge is 0.389 e. The third-order valence-electron chi connectivity index (χ3n) is 5.88. The van der Waals surface area contributed by atoms with Gasteiger partial charge in [0.05, 0.1) is 6.61 Å². The molecule has 0 aromatic carbocycles. The Labute approximate surface area is 211 Å². The number of hydrogen-bond donors (Lipinski definition) is 1. The molecule has 0 aromatic heterocycles. The summed E-state index contributed by atoms with van der Waals surface area (Å²) < 4.78 is 59.3. The Morgan fingerprint density at radius 3 is 1.47 bits per heavy atom. The number of halogens is 3. The van der Waals surface area contributed by atoms with Crippen LogP contribution in [0.2, 0.25) is 89.1 Å². The Morgan fingerprint density at radius 2 is 1.03 bits per heavy atom. The highest BCUT2D eigenvalue weighted by Crippen LogP contribution is 2.35. The first-order valence-corrected chi connectivity index (χ1v) is 27.6. The molecule has 1 N–H and O–H groups in total. The van der Waals surface area contributed by atoms with Crippen LogP contribution in [0.15, 0.2) is 0 Å². The molecule has 0 spiro atoms. The lowest BCUT2D eigenvalue weighted by atomic mass is 10.4. The van der Waals surface area contributed by atoms with Crippen molar-refractivity contribution in [3.8, 4) is 0 Å². The van der Waals surface area contributed by atoms with Crippen LogP contribution >= 0.6 is 0 Å². The van der Waals surface area contributed by atoms with Gasteiger partial charge < -0.3 is 12.3 Å². The molecule has 5 nitrogen and oxygen atoms in total. The summed E-state index contributed by atoms with van der Waals surface area (Å²) >= 11 is 0. The van der Waals surface area contributed by atoms with E-state index in [1.807, 2.05) is 19.6 Å². The molecule has 0 aliphatic rings. The second-order valence-electron chi connectivity index (χ2n) is 12.1. The summed E-state index contributed by atoms with van der Waals surface area (Å²) in [6.07, 6.45) is -2.15. The van der Waals surface area contributed by atoms with E-state index in [0.29, 0.717) is 12.5 Å². The van der Waals surface area contributed by atoms with E-state index in [1.54, 1.807) is 0 Å². The SMILES string of the molecule is CCCC[Si](C)(C)O[Si](C)(C)CC[Si](C)(C)O[Si](C)(CCC(F)(F)F)O[Si](C)(C)CCCOO. The van der Waals surface area contributed by atoms with E-state index in [4.69, 9.17) is 17.6 Å². The summed E-state index contributed by atoms with van der Waals surface area (Å²) in [5.41, 5.74) is 0. The van der Waals surface area contributed by atoms with Gasteiger partial charge in [0.25, 0.3) is 0 Å². The highest BCUT2D eigenvalue weighted by molar-refractivity contribution is 6.89. The summed E-state index contributed by atoms with van der Waals surface area (Å²) in [6.45, 7) is 21.5. The van der Waals surface area contributed by atoms with Crippen LogP contribution in [-0.2, 0) is 17.2 Å². The highest BCUT2D eigenvalue weighted by Gasteiger charge is 2.46. The van der Waals surface area contributed by atoms with Gasteiger partial charge in [-0.15, -0.1) is 0 Å². The van der Waals surface area contributed by atoms with E-state index in [1.165, 1.54) is 12.8 Å². The van der Waals surface area contributed by atoms with E-state index in [2.05, 4.69) is 51.1 Å². The zero-order chi connectivity index (χ0) is 26.9. The first-order valence-electron chi connectivity index (χ1n) is 12.6. The Balaban J connectivity index is 5.35. The molecule has 1 unspecified atom stereocenters. The molecule has 0 saturated carbocycles. The molecule has 0 fully saturated rings. The normalized spacial score (nSPS) is 16.1. The van der Waals surface area contributed by atoms with Crippen molar-refractivity contribution in [3.05, 3.63) is 0 Å². The topological polar surface area (TPSA) is 57.2 Å².